The van der Waals surface area contributed by atoms with Gasteiger partial charge in [-0.25, -0.2) is 4.98 Å². The molecule has 2 aromatic carbocycles. The summed E-state index contributed by atoms with van der Waals surface area (Å²) in [5.74, 6) is 1.76. The monoisotopic (exact) mass is 666 g/mol. The first-order valence-corrected chi connectivity index (χ1v) is 19.1. The molecule has 0 aliphatic carbocycles. The highest BCUT2D eigenvalue weighted by atomic mass is 16.1. The van der Waals surface area contributed by atoms with Crippen LogP contribution in [0.15, 0.2) is 66.9 Å². The summed E-state index contributed by atoms with van der Waals surface area (Å²) in [5.41, 5.74) is 9.27. The van der Waals surface area contributed by atoms with Crippen molar-refractivity contribution in [2.45, 2.75) is 105 Å². The third kappa shape index (κ3) is 11.6. The Labute approximate surface area is 297 Å². The molecule has 3 heterocycles. The summed E-state index contributed by atoms with van der Waals surface area (Å²) in [7, 11) is 0. The number of pyridine rings is 1. The minimum atomic E-state index is 0.0260. The maximum Gasteiger partial charge on any atom is 0.228 e. The fourth-order valence-corrected chi connectivity index (χ4v) is 7.02. The third-order valence-corrected chi connectivity index (χ3v) is 9.75. The van der Waals surface area contributed by atoms with E-state index in [2.05, 4.69) is 108 Å². The van der Waals surface area contributed by atoms with E-state index in [0.717, 1.165) is 99.3 Å². The summed E-state index contributed by atoms with van der Waals surface area (Å²) >= 11 is 0. The highest BCUT2D eigenvalue weighted by Gasteiger charge is 2.20. The number of unbranched alkanes of at least 4 members (excludes halogenated alkanes) is 1. The first kappa shape index (κ1) is 38.0. The Kier molecular flexibility index (Phi) is 15.5. The zero-order chi connectivity index (χ0) is 35.0. The fourth-order valence-electron chi connectivity index (χ4n) is 7.02. The quantitative estimate of drug-likeness (QED) is 0.133. The van der Waals surface area contributed by atoms with E-state index in [0.29, 0.717) is 6.42 Å². The van der Waals surface area contributed by atoms with Gasteiger partial charge in [0, 0.05) is 55.5 Å². The van der Waals surface area contributed by atoms with Gasteiger partial charge < -0.3 is 25.8 Å². The van der Waals surface area contributed by atoms with Crippen molar-refractivity contribution in [2.24, 2.45) is 5.92 Å². The number of aryl methyl sites for hydroxylation is 1. The molecule has 2 aliphatic rings. The maximum atomic E-state index is 12.5. The second-order valence-electron chi connectivity index (χ2n) is 13.5. The van der Waals surface area contributed by atoms with Crippen molar-refractivity contribution in [3.8, 4) is 0 Å². The highest BCUT2D eigenvalue weighted by molar-refractivity contribution is 5.80. The number of nitrogens with zero attached hydrogens (tertiary/aromatic N) is 3. The number of amides is 1. The van der Waals surface area contributed by atoms with Crippen LogP contribution in [-0.4, -0.2) is 43.6 Å². The summed E-state index contributed by atoms with van der Waals surface area (Å²) in [4.78, 5) is 22.4. The summed E-state index contributed by atoms with van der Waals surface area (Å²) in [6, 6.07) is 19.8. The molecule has 49 heavy (non-hydrogen) atoms. The van der Waals surface area contributed by atoms with Crippen molar-refractivity contribution in [1.29, 1.82) is 0 Å². The predicted molar refractivity (Wildman–Crippen MR) is 209 cm³/mol. The minimum Gasteiger partial charge on any atom is -0.372 e. The van der Waals surface area contributed by atoms with Gasteiger partial charge in [0.25, 0.3) is 0 Å². The van der Waals surface area contributed by atoms with Crippen molar-refractivity contribution >= 4 is 28.8 Å². The normalized spacial score (nSPS) is 14.3. The lowest BCUT2D eigenvalue weighted by Crippen LogP contribution is -2.33. The molecule has 1 amide bonds. The van der Waals surface area contributed by atoms with E-state index in [1.54, 1.807) is 0 Å². The molecular formula is C42H62N6O. The lowest BCUT2D eigenvalue weighted by molar-refractivity contribution is -0.119. The number of nitrogens with one attached hydrogen (secondary N) is 3. The van der Waals surface area contributed by atoms with Crippen LogP contribution in [0.2, 0.25) is 0 Å². The molecule has 0 saturated carbocycles. The summed E-state index contributed by atoms with van der Waals surface area (Å²) in [6.45, 7) is 20.7. The zero-order valence-corrected chi connectivity index (χ0v) is 31.0. The molecule has 2 aliphatic heterocycles. The van der Waals surface area contributed by atoms with E-state index in [1.165, 1.54) is 54.6 Å². The van der Waals surface area contributed by atoms with Gasteiger partial charge in [0.05, 0.1) is 12.1 Å². The van der Waals surface area contributed by atoms with Crippen LogP contribution in [0.3, 0.4) is 0 Å². The first-order chi connectivity index (χ1) is 23.9. The fraction of sp³-hybridized carbons (Fsp3) is 0.524. The molecule has 1 fully saturated rings. The van der Waals surface area contributed by atoms with Crippen molar-refractivity contribution in [2.75, 3.05) is 47.8 Å². The predicted octanol–water partition coefficient (Wildman–Crippen LogP) is 9.08. The van der Waals surface area contributed by atoms with Crippen LogP contribution in [0.5, 0.6) is 0 Å². The smallest absolute Gasteiger partial charge is 0.228 e. The Hall–Kier alpha value is -3.84. The van der Waals surface area contributed by atoms with Crippen LogP contribution in [0, 0.1) is 12.8 Å². The second kappa shape index (κ2) is 20.0. The van der Waals surface area contributed by atoms with E-state index in [-0.39, 0.29) is 5.91 Å². The Bertz CT molecular complexity index is 1460. The number of rotatable bonds is 16. The molecule has 3 aromatic rings. The van der Waals surface area contributed by atoms with Crippen LogP contribution in [-0.2, 0) is 24.2 Å². The van der Waals surface area contributed by atoms with Crippen LogP contribution in [0.25, 0.3) is 0 Å². The van der Waals surface area contributed by atoms with Crippen LogP contribution in [0.4, 0.5) is 22.9 Å². The molecule has 0 spiro atoms. The molecule has 7 nitrogen and oxygen atoms in total. The Morgan fingerprint density at radius 1 is 1.00 bits per heavy atom. The highest BCUT2D eigenvalue weighted by Crippen LogP contribution is 2.29. The number of fused-ring (bicyclic) bond motifs is 1. The maximum absolute atomic E-state index is 12.5. The number of carbonyl (C=O) groups is 1. The SMILES string of the molecule is C=C(CCC)NC(=O)Cc1ccc(N(CCC)CCCCC2CCN(c3ccc(Nc4ccc5c(n4)CNCC5)cc3)CC2)cc1C.CC. The van der Waals surface area contributed by atoms with Crippen LogP contribution >= 0.6 is 0 Å². The van der Waals surface area contributed by atoms with Gasteiger partial charge in [-0.15, -0.1) is 0 Å². The van der Waals surface area contributed by atoms with Gasteiger partial charge in [0.15, 0.2) is 0 Å². The van der Waals surface area contributed by atoms with E-state index in [9.17, 15) is 4.79 Å². The summed E-state index contributed by atoms with van der Waals surface area (Å²) < 4.78 is 0. The molecule has 0 bridgehead atoms. The summed E-state index contributed by atoms with van der Waals surface area (Å²) in [5, 5.41) is 9.85. The molecule has 266 valence electrons. The number of anilines is 4. The van der Waals surface area contributed by atoms with Gasteiger partial charge in [-0.2, -0.15) is 0 Å². The lowest BCUT2D eigenvalue weighted by Gasteiger charge is -2.34. The Morgan fingerprint density at radius 3 is 2.49 bits per heavy atom. The second-order valence-corrected chi connectivity index (χ2v) is 13.5. The molecule has 7 heteroatoms. The van der Waals surface area contributed by atoms with Crippen molar-refractivity contribution < 1.29 is 4.79 Å². The van der Waals surface area contributed by atoms with E-state index < -0.39 is 0 Å². The lowest BCUT2D eigenvalue weighted by atomic mass is 9.91. The minimum absolute atomic E-state index is 0.0260. The largest absolute Gasteiger partial charge is 0.372 e. The van der Waals surface area contributed by atoms with Crippen LogP contribution in [0.1, 0.15) is 101 Å². The molecule has 1 aromatic heterocycles. The van der Waals surface area contributed by atoms with Gasteiger partial charge in [0.1, 0.15) is 5.82 Å². The number of hydrogen-bond donors (Lipinski definition) is 3. The van der Waals surface area contributed by atoms with Gasteiger partial charge in [-0.1, -0.05) is 65.7 Å². The topological polar surface area (TPSA) is 72.5 Å². The number of aromatic nitrogens is 1. The molecule has 5 rings (SSSR count). The third-order valence-electron chi connectivity index (χ3n) is 9.75. The number of hydrogen-bond acceptors (Lipinski definition) is 6. The Morgan fingerprint density at radius 2 is 1.78 bits per heavy atom. The molecule has 0 radical (unpaired) electrons. The van der Waals surface area contributed by atoms with Crippen LogP contribution < -0.4 is 25.8 Å². The molecular weight excluding hydrogens is 605 g/mol. The van der Waals surface area contributed by atoms with E-state index in [1.807, 2.05) is 13.8 Å². The molecule has 3 N–H and O–H groups in total. The summed E-state index contributed by atoms with van der Waals surface area (Å²) in [6.07, 6.45) is 10.7. The van der Waals surface area contributed by atoms with Crippen molar-refractivity contribution in [1.82, 2.24) is 15.6 Å². The average molecular weight is 667 g/mol. The molecule has 0 atom stereocenters. The van der Waals surface area contributed by atoms with Gasteiger partial charge in [-0.3, -0.25) is 4.79 Å². The van der Waals surface area contributed by atoms with Crippen molar-refractivity contribution in [3.05, 3.63) is 89.3 Å². The number of allylic oxidation sites excluding steroid dienone is 1. The van der Waals surface area contributed by atoms with Gasteiger partial charge >= 0.3 is 0 Å². The van der Waals surface area contributed by atoms with E-state index in [4.69, 9.17) is 4.98 Å². The average Bonchev–Trinajstić information content (AvgIpc) is 3.12. The molecule has 0 unspecified atom stereocenters. The van der Waals surface area contributed by atoms with Gasteiger partial charge in [0.2, 0.25) is 5.91 Å². The molecule has 1 saturated heterocycles. The number of carbonyl (C=O) groups excluding carboxylic acids is 1. The first-order valence-electron chi connectivity index (χ1n) is 19.1. The standard InChI is InChI=1S/C40H56N6O.C2H6/c1-5-9-31(4)42-40(47)28-34-11-15-37(27-30(34)3)45(23-6-2)24-8-7-10-32-20-25-46(26-21-32)36-16-13-35(14-17-36)43-39-18-12-33-19-22-41-29-38(33)44-39;1-2/h11-18,27,32,41H,4-10,19-26,28-29H2,1-3H3,(H,42,47)(H,43,44);1-2H3. The Balaban J connectivity index is 0.00000265. The zero-order valence-electron chi connectivity index (χ0n) is 31.0. The number of piperidine rings is 1. The van der Waals surface area contributed by atoms with Gasteiger partial charge in [-0.05, 0) is 117 Å². The van der Waals surface area contributed by atoms with E-state index >= 15 is 0 Å². The van der Waals surface area contributed by atoms with Crippen molar-refractivity contribution in [3.63, 3.8) is 0 Å². The number of benzene rings is 2.